The Labute approximate surface area is 101 Å². The standard InChI is InChI=1S/C13H18O4/c1-9(14)7-11(15)8-10-5-3-4-6-12(10)13(16)17-2/h3-6,9,11,14-15H,7-8H2,1-2H3. The molecule has 1 aromatic rings. The summed E-state index contributed by atoms with van der Waals surface area (Å²) < 4.78 is 4.67. The number of hydrogen-bond donors (Lipinski definition) is 2. The molecule has 1 aromatic carbocycles. The van der Waals surface area contributed by atoms with Gasteiger partial charge in [0.15, 0.2) is 0 Å². The van der Waals surface area contributed by atoms with Gasteiger partial charge in [-0.1, -0.05) is 18.2 Å². The summed E-state index contributed by atoms with van der Waals surface area (Å²) >= 11 is 0. The minimum absolute atomic E-state index is 0.287. The normalized spacial score (nSPS) is 14.1. The van der Waals surface area contributed by atoms with Crippen LogP contribution in [0.5, 0.6) is 0 Å². The van der Waals surface area contributed by atoms with Crippen molar-refractivity contribution in [2.24, 2.45) is 0 Å². The zero-order valence-electron chi connectivity index (χ0n) is 10.1. The van der Waals surface area contributed by atoms with Crippen LogP contribution < -0.4 is 0 Å². The molecule has 17 heavy (non-hydrogen) atoms. The average molecular weight is 238 g/mol. The maximum atomic E-state index is 11.5. The highest BCUT2D eigenvalue weighted by atomic mass is 16.5. The molecule has 0 amide bonds. The monoisotopic (exact) mass is 238 g/mol. The lowest BCUT2D eigenvalue weighted by atomic mass is 9.99. The zero-order valence-corrected chi connectivity index (χ0v) is 10.1. The molecule has 2 unspecified atom stereocenters. The fourth-order valence-electron chi connectivity index (χ4n) is 1.74. The van der Waals surface area contributed by atoms with Crippen molar-refractivity contribution >= 4 is 5.97 Å². The Balaban J connectivity index is 2.80. The van der Waals surface area contributed by atoms with Crippen molar-refractivity contribution in [3.05, 3.63) is 35.4 Å². The van der Waals surface area contributed by atoms with Crippen molar-refractivity contribution < 1.29 is 19.7 Å². The third kappa shape index (κ3) is 4.17. The molecular formula is C13H18O4. The van der Waals surface area contributed by atoms with Crippen LogP contribution in [-0.4, -0.2) is 35.5 Å². The summed E-state index contributed by atoms with van der Waals surface area (Å²) in [5.41, 5.74) is 1.19. The van der Waals surface area contributed by atoms with Crippen LogP contribution in [0.3, 0.4) is 0 Å². The number of rotatable bonds is 5. The second kappa shape index (κ2) is 6.37. The highest BCUT2D eigenvalue weighted by Crippen LogP contribution is 2.14. The van der Waals surface area contributed by atoms with E-state index >= 15 is 0 Å². The second-order valence-corrected chi connectivity index (χ2v) is 4.09. The molecule has 0 aliphatic carbocycles. The van der Waals surface area contributed by atoms with Gasteiger partial charge in [0, 0.05) is 0 Å². The highest BCUT2D eigenvalue weighted by molar-refractivity contribution is 5.90. The average Bonchev–Trinajstić information content (AvgIpc) is 2.27. The van der Waals surface area contributed by atoms with E-state index in [-0.39, 0.29) is 6.42 Å². The molecule has 0 saturated carbocycles. The van der Waals surface area contributed by atoms with Gasteiger partial charge < -0.3 is 14.9 Å². The van der Waals surface area contributed by atoms with Gasteiger partial charge >= 0.3 is 5.97 Å². The van der Waals surface area contributed by atoms with E-state index in [9.17, 15) is 15.0 Å². The maximum absolute atomic E-state index is 11.5. The Bertz CT molecular complexity index is 373. The van der Waals surface area contributed by atoms with Crippen LogP contribution in [-0.2, 0) is 11.2 Å². The maximum Gasteiger partial charge on any atom is 0.338 e. The van der Waals surface area contributed by atoms with Gasteiger partial charge in [0.25, 0.3) is 0 Å². The van der Waals surface area contributed by atoms with Gasteiger partial charge in [-0.25, -0.2) is 4.79 Å². The first-order chi connectivity index (χ1) is 8.04. The molecule has 0 aliphatic heterocycles. The van der Waals surface area contributed by atoms with Crippen molar-refractivity contribution in [1.29, 1.82) is 0 Å². The van der Waals surface area contributed by atoms with E-state index in [0.29, 0.717) is 12.0 Å². The van der Waals surface area contributed by atoms with Crippen molar-refractivity contribution in [3.8, 4) is 0 Å². The fourth-order valence-corrected chi connectivity index (χ4v) is 1.74. The summed E-state index contributed by atoms with van der Waals surface area (Å²) in [4.78, 5) is 11.5. The molecule has 4 nitrogen and oxygen atoms in total. The van der Waals surface area contributed by atoms with E-state index in [0.717, 1.165) is 5.56 Å². The molecule has 0 aliphatic rings. The van der Waals surface area contributed by atoms with Gasteiger partial charge in [0.1, 0.15) is 0 Å². The molecule has 2 N–H and O–H groups in total. The molecule has 0 heterocycles. The molecule has 0 saturated heterocycles. The molecule has 0 bridgehead atoms. The van der Waals surface area contributed by atoms with Gasteiger partial charge in [-0.05, 0) is 31.4 Å². The van der Waals surface area contributed by atoms with Crippen molar-refractivity contribution in [2.45, 2.75) is 32.0 Å². The first kappa shape index (κ1) is 13.7. The Kier molecular flexibility index (Phi) is 5.12. The number of benzene rings is 1. The summed E-state index contributed by atoms with van der Waals surface area (Å²) in [5.74, 6) is -0.412. The molecule has 2 atom stereocenters. The van der Waals surface area contributed by atoms with Gasteiger partial charge in [-0.2, -0.15) is 0 Å². The number of esters is 1. The Morgan fingerprint density at radius 1 is 1.35 bits per heavy atom. The zero-order chi connectivity index (χ0) is 12.8. The number of aliphatic hydroxyl groups excluding tert-OH is 2. The van der Waals surface area contributed by atoms with Crippen LogP contribution in [0, 0.1) is 0 Å². The van der Waals surface area contributed by atoms with Gasteiger partial charge in [0.2, 0.25) is 0 Å². The van der Waals surface area contributed by atoms with Crippen molar-refractivity contribution in [3.63, 3.8) is 0 Å². The summed E-state index contributed by atoms with van der Waals surface area (Å²) in [6.07, 6.45) is -0.609. The van der Waals surface area contributed by atoms with Crippen LogP contribution in [0.15, 0.2) is 24.3 Å². The molecule has 0 spiro atoms. The summed E-state index contributed by atoms with van der Waals surface area (Å²) in [5, 5.41) is 18.9. The first-order valence-corrected chi connectivity index (χ1v) is 5.57. The minimum atomic E-state index is -0.666. The molecule has 0 radical (unpaired) electrons. The molecular weight excluding hydrogens is 220 g/mol. The topological polar surface area (TPSA) is 66.8 Å². The van der Waals surface area contributed by atoms with E-state index < -0.39 is 18.2 Å². The molecule has 0 fully saturated rings. The Morgan fingerprint density at radius 2 is 2.00 bits per heavy atom. The second-order valence-electron chi connectivity index (χ2n) is 4.09. The van der Waals surface area contributed by atoms with Gasteiger partial charge in [0.05, 0.1) is 24.9 Å². The third-order valence-corrected chi connectivity index (χ3v) is 2.49. The number of ether oxygens (including phenoxy) is 1. The number of methoxy groups -OCH3 is 1. The van der Waals surface area contributed by atoms with E-state index in [1.54, 1.807) is 31.2 Å². The number of carbonyl (C=O) groups excluding carboxylic acids is 1. The van der Waals surface area contributed by atoms with Crippen molar-refractivity contribution in [1.82, 2.24) is 0 Å². The fraction of sp³-hybridized carbons (Fsp3) is 0.462. The van der Waals surface area contributed by atoms with Crippen LogP contribution >= 0.6 is 0 Å². The predicted molar refractivity (Wildman–Crippen MR) is 63.8 cm³/mol. The Morgan fingerprint density at radius 3 is 2.59 bits per heavy atom. The van der Waals surface area contributed by atoms with E-state index in [1.165, 1.54) is 7.11 Å². The lowest BCUT2D eigenvalue weighted by molar-refractivity contribution is 0.0597. The SMILES string of the molecule is COC(=O)c1ccccc1CC(O)CC(C)O. The van der Waals surface area contributed by atoms with Gasteiger partial charge in [-0.3, -0.25) is 0 Å². The van der Waals surface area contributed by atoms with Crippen molar-refractivity contribution in [2.75, 3.05) is 7.11 Å². The molecule has 0 aromatic heterocycles. The van der Waals surface area contributed by atoms with E-state index in [2.05, 4.69) is 4.74 Å². The van der Waals surface area contributed by atoms with Crippen LogP contribution in [0.4, 0.5) is 0 Å². The molecule has 1 rings (SSSR count). The molecule has 94 valence electrons. The molecule has 4 heteroatoms. The largest absolute Gasteiger partial charge is 0.465 e. The van der Waals surface area contributed by atoms with Crippen LogP contribution in [0.1, 0.15) is 29.3 Å². The number of carbonyl (C=O) groups is 1. The van der Waals surface area contributed by atoms with Crippen LogP contribution in [0.25, 0.3) is 0 Å². The predicted octanol–water partition coefficient (Wildman–Crippen LogP) is 1.15. The van der Waals surface area contributed by atoms with Gasteiger partial charge in [-0.15, -0.1) is 0 Å². The van der Waals surface area contributed by atoms with E-state index in [1.807, 2.05) is 0 Å². The first-order valence-electron chi connectivity index (χ1n) is 5.57. The quantitative estimate of drug-likeness (QED) is 0.755. The summed E-state index contributed by atoms with van der Waals surface area (Å²) in [6.45, 7) is 1.62. The van der Waals surface area contributed by atoms with E-state index in [4.69, 9.17) is 0 Å². The lowest BCUT2D eigenvalue weighted by Crippen LogP contribution is -2.19. The smallest absolute Gasteiger partial charge is 0.338 e. The number of aliphatic hydroxyl groups is 2. The third-order valence-electron chi connectivity index (χ3n) is 2.49. The summed E-state index contributed by atoms with van der Waals surface area (Å²) in [6, 6.07) is 6.99. The minimum Gasteiger partial charge on any atom is -0.465 e. The summed E-state index contributed by atoms with van der Waals surface area (Å²) in [7, 11) is 1.32. The highest BCUT2D eigenvalue weighted by Gasteiger charge is 2.15. The lowest BCUT2D eigenvalue weighted by Gasteiger charge is -2.14. The number of hydrogen-bond acceptors (Lipinski definition) is 4. The van der Waals surface area contributed by atoms with Crippen LogP contribution in [0.2, 0.25) is 0 Å². The Hall–Kier alpha value is -1.39.